The molecule has 4 rings (SSSR count). The zero-order valence-electron chi connectivity index (χ0n) is 18.0. The van der Waals surface area contributed by atoms with Crippen molar-refractivity contribution in [1.29, 1.82) is 0 Å². The summed E-state index contributed by atoms with van der Waals surface area (Å²) in [5, 5.41) is -0.0206. The van der Waals surface area contributed by atoms with Crippen molar-refractivity contribution < 1.29 is 21.6 Å². The molecule has 0 atom stereocenters. The molecule has 0 unspecified atom stereocenters. The van der Waals surface area contributed by atoms with Gasteiger partial charge in [0.05, 0.1) is 22.2 Å². The third-order valence-electron chi connectivity index (χ3n) is 5.88. The number of sulfone groups is 1. The van der Waals surface area contributed by atoms with Gasteiger partial charge in [0.25, 0.3) is 0 Å². The number of nitrogens with zero attached hydrogens (tertiary/aromatic N) is 1. The molecule has 1 fully saturated rings. The van der Waals surface area contributed by atoms with E-state index in [2.05, 4.69) is 0 Å². The molecule has 0 amide bonds. The molecule has 0 aliphatic carbocycles. The van der Waals surface area contributed by atoms with Gasteiger partial charge in [-0.15, -0.1) is 0 Å². The Bertz CT molecular complexity index is 1330. The fraction of sp³-hybridized carbons (Fsp3) is 0.250. The number of hydrogen-bond acceptors (Lipinski definition) is 5. The molecule has 1 saturated heterocycles. The maximum atomic E-state index is 13.3. The van der Waals surface area contributed by atoms with Gasteiger partial charge in [0, 0.05) is 18.1 Å². The number of sulfonamides is 1. The van der Waals surface area contributed by atoms with E-state index in [1.165, 1.54) is 23.5 Å². The largest absolute Gasteiger partial charge is 0.497 e. The maximum Gasteiger partial charge on any atom is 0.243 e. The molecule has 0 spiro atoms. The Morgan fingerprint density at radius 1 is 0.818 bits per heavy atom. The van der Waals surface area contributed by atoms with Crippen LogP contribution in [-0.2, 0) is 19.9 Å². The summed E-state index contributed by atoms with van der Waals surface area (Å²) in [6, 6.07) is 20.2. The quantitative estimate of drug-likeness (QED) is 0.487. The lowest BCUT2D eigenvalue weighted by molar-refractivity contribution is 0.345. The molecule has 33 heavy (non-hydrogen) atoms. The van der Waals surface area contributed by atoms with E-state index in [1.807, 2.05) is 18.2 Å². The van der Waals surface area contributed by atoms with Crippen molar-refractivity contribution >= 4 is 31.5 Å². The zero-order chi connectivity index (χ0) is 23.6. The number of methoxy groups -OCH3 is 1. The van der Waals surface area contributed by atoms with E-state index in [4.69, 9.17) is 16.3 Å². The number of halogens is 1. The van der Waals surface area contributed by atoms with Crippen LogP contribution in [0.1, 0.15) is 12.8 Å². The van der Waals surface area contributed by atoms with Crippen LogP contribution in [0.2, 0.25) is 5.02 Å². The predicted molar refractivity (Wildman–Crippen MR) is 129 cm³/mol. The van der Waals surface area contributed by atoms with Gasteiger partial charge >= 0.3 is 0 Å². The highest BCUT2D eigenvalue weighted by molar-refractivity contribution is 7.92. The molecule has 174 valence electrons. The van der Waals surface area contributed by atoms with Crippen LogP contribution in [0, 0.1) is 0 Å². The van der Waals surface area contributed by atoms with Crippen LogP contribution in [0.4, 0.5) is 0 Å². The minimum atomic E-state index is -3.75. The second-order valence-electron chi connectivity index (χ2n) is 7.86. The fourth-order valence-corrected chi connectivity index (χ4v) is 7.34. The normalized spacial score (nSPS) is 15.9. The number of piperidine rings is 1. The van der Waals surface area contributed by atoms with Crippen molar-refractivity contribution in [3.05, 3.63) is 77.8 Å². The maximum absolute atomic E-state index is 13.3. The van der Waals surface area contributed by atoms with Gasteiger partial charge in [0.1, 0.15) is 5.75 Å². The van der Waals surface area contributed by atoms with Crippen LogP contribution in [0.3, 0.4) is 0 Å². The Kier molecular flexibility index (Phi) is 6.81. The summed E-state index contributed by atoms with van der Waals surface area (Å²) in [7, 11) is -5.78. The summed E-state index contributed by atoms with van der Waals surface area (Å²) in [5.41, 5.74) is 1.63. The number of rotatable bonds is 6. The molecule has 0 N–H and O–H groups in total. The smallest absolute Gasteiger partial charge is 0.243 e. The van der Waals surface area contributed by atoms with Crippen LogP contribution < -0.4 is 4.74 Å². The third kappa shape index (κ3) is 4.94. The minimum absolute atomic E-state index is 0.146. The van der Waals surface area contributed by atoms with E-state index in [1.54, 1.807) is 42.5 Å². The monoisotopic (exact) mass is 505 g/mol. The van der Waals surface area contributed by atoms with Gasteiger partial charge in [-0.05, 0) is 72.5 Å². The topological polar surface area (TPSA) is 80.8 Å². The molecule has 0 aromatic heterocycles. The first kappa shape index (κ1) is 23.8. The van der Waals surface area contributed by atoms with Crippen molar-refractivity contribution in [2.24, 2.45) is 0 Å². The Labute approximate surface area is 199 Å². The molecule has 0 radical (unpaired) electrons. The first-order chi connectivity index (χ1) is 15.7. The van der Waals surface area contributed by atoms with Gasteiger partial charge in [-0.3, -0.25) is 0 Å². The highest BCUT2D eigenvalue weighted by Crippen LogP contribution is 2.30. The minimum Gasteiger partial charge on any atom is -0.497 e. The summed E-state index contributed by atoms with van der Waals surface area (Å²) < 4.78 is 59.0. The Hall–Kier alpha value is -2.39. The Morgan fingerprint density at radius 2 is 1.45 bits per heavy atom. The van der Waals surface area contributed by atoms with Crippen molar-refractivity contribution in [3.8, 4) is 16.9 Å². The number of benzene rings is 3. The molecular formula is C24H24ClNO5S2. The van der Waals surface area contributed by atoms with Crippen LogP contribution in [-0.4, -0.2) is 46.6 Å². The lowest BCUT2D eigenvalue weighted by Crippen LogP contribution is -2.42. The molecule has 0 bridgehead atoms. The van der Waals surface area contributed by atoms with Crippen LogP contribution in [0.15, 0.2) is 82.6 Å². The second-order valence-corrected chi connectivity index (χ2v) is 12.5. The summed E-state index contributed by atoms with van der Waals surface area (Å²) in [5.74, 6) is 0.579. The van der Waals surface area contributed by atoms with Gasteiger partial charge in [0.2, 0.25) is 10.0 Å². The van der Waals surface area contributed by atoms with Gasteiger partial charge in [-0.25, -0.2) is 16.8 Å². The molecule has 1 heterocycles. The second kappa shape index (κ2) is 9.46. The van der Waals surface area contributed by atoms with Gasteiger partial charge in [0.15, 0.2) is 9.84 Å². The van der Waals surface area contributed by atoms with Gasteiger partial charge < -0.3 is 4.74 Å². The van der Waals surface area contributed by atoms with E-state index >= 15 is 0 Å². The molecule has 1 aliphatic heterocycles. The molecule has 0 saturated carbocycles. The van der Waals surface area contributed by atoms with Crippen molar-refractivity contribution in [2.45, 2.75) is 27.9 Å². The average Bonchev–Trinajstić information content (AvgIpc) is 2.84. The van der Waals surface area contributed by atoms with E-state index in [0.717, 1.165) is 11.1 Å². The first-order valence-corrected chi connectivity index (χ1v) is 13.8. The standard InChI is InChI=1S/C24H24ClNO5S2/c1-31-21-9-11-22(12-10-21)32(27,28)23-13-15-26(16-14-23)33(29,30)24-4-2-3-19(17-24)18-5-7-20(25)8-6-18/h2-12,17,23H,13-16H2,1H3. The predicted octanol–water partition coefficient (Wildman–Crippen LogP) is 4.64. The van der Waals surface area contributed by atoms with Gasteiger partial charge in [-0.1, -0.05) is 35.9 Å². The highest BCUT2D eigenvalue weighted by Gasteiger charge is 2.35. The first-order valence-electron chi connectivity index (χ1n) is 10.5. The molecule has 1 aliphatic rings. The Morgan fingerprint density at radius 3 is 2.06 bits per heavy atom. The van der Waals surface area contributed by atoms with E-state index in [0.29, 0.717) is 10.8 Å². The third-order valence-corrected chi connectivity index (χ3v) is 10.3. The van der Waals surface area contributed by atoms with E-state index < -0.39 is 25.1 Å². The van der Waals surface area contributed by atoms with Crippen molar-refractivity contribution in [2.75, 3.05) is 20.2 Å². The van der Waals surface area contributed by atoms with Crippen LogP contribution >= 0.6 is 11.6 Å². The average molecular weight is 506 g/mol. The zero-order valence-corrected chi connectivity index (χ0v) is 20.4. The lowest BCUT2D eigenvalue weighted by atomic mass is 10.1. The van der Waals surface area contributed by atoms with Crippen molar-refractivity contribution in [3.63, 3.8) is 0 Å². The number of hydrogen-bond donors (Lipinski definition) is 0. The summed E-state index contributed by atoms with van der Waals surface area (Å²) in [6.45, 7) is 0.293. The SMILES string of the molecule is COc1ccc(S(=O)(=O)C2CCN(S(=O)(=O)c3cccc(-c4ccc(Cl)cc4)c3)CC2)cc1. The van der Waals surface area contributed by atoms with E-state index in [9.17, 15) is 16.8 Å². The molecule has 6 nitrogen and oxygen atoms in total. The summed E-state index contributed by atoms with van der Waals surface area (Å²) in [4.78, 5) is 0.409. The fourth-order valence-electron chi connectivity index (χ4n) is 3.97. The Balaban J connectivity index is 1.50. The van der Waals surface area contributed by atoms with Crippen molar-refractivity contribution in [1.82, 2.24) is 4.31 Å². The molecule has 3 aromatic carbocycles. The molecule has 9 heteroatoms. The summed E-state index contributed by atoms with van der Waals surface area (Å²) >= 11 is 5.95. The van der Waals surface area contributed by atoms with Crippen LogP contribution in [0.5, 0.6) is 5.75 Å². The molecular weight excluding hydrogens is 482 g/mol. The van der Waals surface area contributed by atoms with Gasteiger partial charge in [-0.2, -0.15) is 4.31 Å². The molecule has 3 aromatic rings. The van der Waals surface area contributed by atoms with Crippen LogP contribution in [0.25, 0.3) is 11.1 Å². The lowest BCUT2D eigenvalue weighted by Gasteiger charge is -2.31. The highest BCUT2D eigenvalue weighted by atomic mass is 35.5. The number of ether oxygens (including phenoxy) is 1. The van der Waals surface area contributed by atoms with E-state index in [-0.39, 0.29) is 35.7 Å². The summed E-state index contributed by atoms with van der Waals surface area (Å²) in [6.07, 6.45) is 0.481.